The van der Waals surface area contributed by atoms with Crippen LogP contribution < -0.4 is 5.32 Å². The molecule has 2 fully saturated rings. The molecule has 0 radical (unpaired) electrons. The van der Waals surface area contributed by atoms with Gasteiger partial charge < -0.3 is 5.32 Å². The van der Waals surface area contributed by atoms with Crippen molar-refractivity contribution in [2.45, 2.75) is 83.6 Å². The lowest BCUT2D eigenvalue weighted by molar-refractivity contribution is -0.130. The molecule has 0 aromatic rings. The standard InChI is InChI=1S/C20H33NO2/c1-4-18(23)21-20(3,17-13-9-6-10-14-17)19(15(2)22)16-11-7-5-8-12-16/h4,16-17,19H,1,5-14H2,2-3H3,(H,21,23). The number of carbonyl (C=O) groups is 2. The third-order valence-electron chi connectivity index (χ3n) is 6.24. The SMILES string of the molecule is C=CC(=O)NC(C)(C1CCCCC1)C(C(C)=O)C1CCCCC1. The molecular weight excluding hydrogens is 286 g/mol. The lowest BCUT2D eigenvalue weighted by Crippen LogP contribution is -2.60. The maximum Gasteiger partial charge on any atom is 0.243 e. The largest absolute Gasteiger partial charge is 0.346 e. The highest BCUT2D eigenvalue weighted by atomic mass is 16.2. The minimum absolute atomic E-state index is 0.0604. The van der Waals surface area contributed by atoms with Gasteiger partial charge in [-0.15, -0.1) is 0 Å². The van der Waals surface area contributed by atoms with E-state index in [1.165, 1.54) is 44.6 Å². The highest BCUT2D eigenvalue weighted by Gasteiger charge is 2.47. The van der Waals surface area contributed by atoms with Gasteiger partial charge in [-0.3, -0.25) is 9.59 Å². The summed E-state index contributed by atoms with van der Waals surface area (Å²) in [7, 11) is 0. The van der Waals surface area contributed by atoms with E-state index in [0.29, 0.717) is 11.8 Å². The van der Waals surface area contributed by atoms with Gasteiger partial charge in [0.05, 0.1) is 5.54 Å². The van der Waals surface area contributed by atoms with Crippen molar-refractivity contribution in [3.8, 4) is 0 Å². The lowest BCUT2D eigenvalue weighted by Gasteiger charge is -2.48. The van der Waals surface area contributed by atoms with Gasteiger partial charge in [-0.25, -0.2) is 0 Å². The van der Waals surface area contributed by atoms with Crippen molar-refractivity contribution in [1.82, 2.24) is 5.32 Å². The van der Waals surface area contributed by atoms with Crippen molar-refractivity contribution >= 4 is 11.7 Å². The van der Waals surface area contributed by atoms with E-state index in [1.54, 1.807) is 6.92 Å². The molecule has 2 atom stereocenters. The van der Waals surface area contributed by atoms with Crippen molar-refractivity contribution in [2.75, 3.05) is 0 Å². The van der Waals surface area contributed by atoms with Crippen LogP contribution in [0.15, 0.2) is 12.7 Å². The molecule has 2 aliphatic carbocycles. The second kappa shape index (κ2) is 8.12. The predicted octanol–water partition coefficient (Wildman–Crippen LogP) is 4.41. The van der Waals surface area contributed by atoms with Gasteiger partial charge in [-0.1, -0.05) is 45.1 Å². The maximum atomic E-state index is 12.6. The van der Waals surface area contributed by atoms with E-state index < -0.39 is 5.54 Å². The summed E-state index contributed by atoms with van der Waals surface area (Å²) < 4.78 is 0. The van der Waals surface area contributed by atoms with Crippen LogP contribution in [0.25, 0.3) is 0 Å². The van der Waals surface area contributed by atoms with Crippen molar-refractivity contribution in [2.24, 2.45) is 17.8 Å². The first-order valence-electron chi connectivity index (χ1n) is 9.44. The molecule has 23 heavy (non-hydrogen) atoms. The van der Waals surface area contributed by atoms with E-state index in [9.17, 15) is 9.59 Å². The molecule has 1 N–H and O–H groups in total. The Balaban J connectivity index is 2.32. The van der Waals surface area contributed by atoms with Gasteiger partial charge in [0.25, 0.3) is 0 Å². The van der Waals surface area contributed by atoms with Crippen LogP contribution in [0, 0.1) is 17.8 Å². The molecule has 0 spiro atoms. The van der Waals surface area contributed by atoms with Crippen LogP contribution in [0.1, 0.15) is 78.1 Å². The van der Waals surface area contributed by atoms with Gasteiger partial charge >= 0.3 is 0 Å². The quantitative estimate of drug-likeness (QED) is 0.737. The zero-order valence-electron chi connectivity index (χ0n) is 14.9. The average molecular weight is 319 g/mol. The molecule has 2 unspecified atom stereocenters. The van der Waals surface area contributed by atoms with E-state index in [1.807, 2.05) is 0 Å². The third kappa shape index (κ3) is 4.24. The van der Waals surface area contributed by atoms with Crippen LogP contribution in [0.4, 0.5) is 0 Å². The van der Waals surface area contributed by atoms with Crippen LogP contribution in [0.5, 0.6) is 0 Å². The van der Waals surface area contributed by atoms with Gasteiger partial charge in [-0.2, -0.15) is 0 Å². The summed E-state index contributed by atoms with van der Waals surface area (Å²) in [6.07, 6.45) is 13.2. The Morgan fingerprint density at radius 2 is 1.57 bits per heavy atom. The first-order valence-corrected chi connectivity index (χ1v) is 9.44. The minimum Gasteiger partial charge on any atom is -0.346 e. The molecule has 2 saturated carbocycles. The Kier molecular flexibility index (Phi) is 6.43. The van der Waals surface area contributed by atoms with Crippen molar-refractivity contribution < 1.29 is 9.59 Å². The van der Waals surface area contributed by atoms with Gasteiger partial charge in [0, 0.05) is 5.92 Å². The first-order chi connectivity index (χ1) is 11.0. The van der Waals surface area contributed by atoms with Gasteiger partial charge in [-0.05, 0) is 57.4 Å². The van der Waals surface area contributed by atoms with E-state index in [4.69, 9.17) is 0 Å². The van der Waals surface area contributed by atoms with Crippen LogP contribution in [0.2, 0.25) is 0 Å². The monoisotopic (exact) mass is 319 g/mol. The fourth-order valence-corrected chi connectivity index (χ4v) is 5.16. The van der Waals surface area contributed by atoms with Crippen LogP contribution in [-0.4, -0.2) is 17.2 Å². The van der Waals surface area contributed by atoms with Crippen molar-refractivity contribution in [3.05, 3.63) is 12.7 Å². The van der Waals surface area contributed by atoms with Crippen molar-refractivity contribution in [3.63, 3.8) is 0 Å². The summed E-state index contributed by atoms with van der Waals surface area (Å²) in [6.45, 7) is 7.46. The number of rotatable bonds is 6. The zero-order valence-corrected chi connectivity index (χ0v) is 14.9. The normalized spacial score (nSPS) is 24.4. The third-order valence-corrected chi connectivity index (χ3v) is 6.24. The highest BCUT2D eigenvalue weighted by molar-refractivity contribution is 5.89. The summed E-state index contributed by atoms with van der Waals surface area (Å²) in [5.41, 5.74) is -0.431. The summed E-state index contributed by atoms with van der Waals surface area (Å²) >= 11 is 0. The molecule has 0 aliphatic heterocycles. The number of Topliss-reactive ketones (excluding diaryl/α,β-unsaturated/α-hetero) is 1. The molecule has 1 amide bonds. The highest BCUT2D eigenvalue weighted by Crippen LogP contribution is 2.44. The molecule has 0 bridgehead atoms. The molecule has 3 heteroatoms. The molecule has 130 valence electrons. The Bertz CT molecular complexity index is 433. The number of hydrogen-bond acceptors (Lipinski definition) is 2. The smallest absolute Gasteiger partial charge is 0.243 e. The van der Waals surface area contributed by atoms with Gasteiger partial charge in [0.1, 0.15) is 5.78 Å². The average Bonchev–Trinajstić information content (AvgIpc) is 2.56. The summed E-state index contributed by atoms with van der Waals surface area (Å²) in [5.74, 6) is 0.860. The maximum absolute atomic E-state index is 12.6. The lowest BCUT2D eigenvalue weighted by atomic mass is 9.61. The number of nitrogens with one attached hydrogen (secondary N) is 1. The Morgan fingerprint density at radius 3 is 2.04 bits per heavy atom. The fraction of sp³-hybridized carbons (Fsp3) is 0.800. The van der Waals surface area contributed by atoms with Crippen LogP contribution in [0.3, 0.4) is 0 Å². The van der Waals surface area contributed by atoms with Gasteiger partial charge in [0.15, 0.2) is 0 Å². The van der Waals surface area contributed by atoms with Gasteiger partial charge in [0.2, 0.25) is 5.91 Å². The second-order valence-corrected chi connectivity index (χ2v) is 7.80. The molecule has 2 aliphatic rings. The number of carbonyl (C=O) groups excluding carboxylic acids is 2. The first kappa shape index (κ1) is 18.2. The van der Waals surface area contributed by atoms with E-state index in [2.05, 4.69) is 18.8 Å². The Hall–Kier alpha value is -1.12. The summed E-state index contributed by atoms with van der Waals surface area (Å²) in [5, 5.41) is 3.21. The molecule has 0 saturated heterocycles. The van der Waals surface area contributed by atoms with E-state index >= 15 is 0 Å². The molecule has 3 nitrogen and oxygen atoms in total. The molecule has 2 rings (SSSR count). The molecule has 0 aromatic heterocycles. The fourth-order valence-electron chi connectivity index (χ4n) is 5.16. The Labute approximate surface area is 141 Å². The summed E-state index contributed by atoms with van der Waals surface area (Å²) in [4.78, 5) is 24.8. The van der Waals surface area contributed by atoms with E-state index in [-0.39, 0.29) is 17.6 Å². The predicted molar refractivity (Wildman–Crippen MR) is 94.1 cm³/mol. The van der Waals surface area contributed by atoms with E-state index in [0.717, 1.165) is 25.7 Å². The molecule has 0 aromatic carbocycles. The topological polar surface area (TPSA) is 46.2 Å². The molecule has 0 heterocycles. The van der Waals surface area contributed by atoms with Crippen molar-refractivity contribution in [1.29, 1.82) is 0 Å². The number of hydrogen-bond donors (Lipinski definition) is 1. The zero-order chi connectivity index (χ0) is 16.9. The minimum atomic E-state index is -0.431. The van der Waals surface area contributed by atoms with Crippen LogP contribution in [-0.2, 0) is 9.59 Å². The number of ketones is 1. The summed E-state index contributed by atoms with van der Waals surface area (Å²) in [6, 6.07) is 0. The van der Waals surface area contributed by atoms with Crippen LogP contribution >= 0.6 is 0 Å². The number of amides is 1. The second-order valence-electron chi connectivity index (χ2n) is 7.80. The Morgan fingerprint density at radius 1 is 1.04 bits per heavy atom. The molecular formula is C20H33NO2.